The van der Waals surface area contributed by atoms with Gasteiger partial charge in [0.25, 0.3) is 0 Å². The van der Waals surface area contributed by atoms with E-state index in [4.69, 9.17) is 8.94 Å². The van der Waals surface area contributed by atoms with Crippen molar-refractivity contribution in [3.63, 3.8) is 0 Å². The van der Waals surface area contributed by atoms with Gasteiger partial charge in [0.15, 0.2) is 5.76 Å². The SMILES string of the molecule is CN(Cc1cc(-c2ccccn2)no1)Cc1cc2ccccc2o1. The first-order chi connectivity index (χ1) is 11.8. The Morgan fingerprint density at radius 1 is 0.917 bits per heavy atom. The Kier molecular flexibility index (Phi) is 3.84. The second-order valence-corrected chi connectivity index (χ2v) is 5.82. The van der Waals surface area contributed by atoms with Gasteiger partial charge in [-0.25, -0.2) is 0 Å². The molecule has 0 fully saturated rings. The highest BCUT2D eigenvalue weighted by Crippen LogP contribution is 2.21. The number of nitrogens with zero attached hydrogens (tertiary/aromatic N) is 3. The highest BCUT2D eigenvalue weighted by Gasteiger charge is 2.11. The van der Waals surface area contributed by atoms with Crippen molar-refractivity contribution < 1.29 is 8.94 Å². The first kappa shape index (κ1) is 14.7. The summed E-state index contributed by atoms with van der Waals surface area (Å²) in [6.45, 7) is 1.35. The molecule has 0 atom stereocenters. The summed E-state index contributed by atoms with van der Waals surface area (Å²) >= 11 is 0. The third-order valence-corrected chi connectivity index (χ3v) is 3.81. The average molecular weight is 319 g/mol. The lowest BCUT2D eigenvalue weighted by atomic mass is 10.2. The van der Waals surface area contributed by atoms with E-state index in [0.29, 0.717) is 13.1 Å². The van der Waals surface area contributed by atoms with E-state index in [1.807, 2.05) is 49.5 Å². The molecule has 0 aliphatic rings. The van der Waals surface area contributed by atoms with Crippen LogP contribution in [-0.4, -0.2) is 22.1 Å². The van der Waals surface area contributed by atoms with Crippen molar-refractivity contribution in [2.45, 2.75) is 13.1 Å². The van der Waals surface area contributed by atoms with E-state index in [1.165, 1.54) is 0 Å². The Labute approximate surface area is 139 Å². The maximum atomic E-state index is 5.85. The van der Waals surface area contributed by atoms with Gasteiger partial charge >= 0.3 is 0 Å². The molecule has 0 radical (unpaired) electrons. The first-order valence-corrected chi connectivity index (χ1v) is 7.81. The Hall–Kier alpha value is -2.92. The second kappa shape index (κ2) is 6.29. The van der Waals surface area contributed by atoms with Gasteiger partial charge < -0.3 is 8.94 Å². The van der Waals surface area contributed by atoms with Crippen LogP contribution in [0.1, 0.15) is 11.5 Å². The summed E-state index contributed by atoms with van der Waals surface area (Å²) in [5.41, 5.74) is 2.48. The normalized spacial score (nSPS) is 11.4. The van der Waals surface area contributed by atoms with Crippen LogP contribution in [0.2, 0.25) is 0 Å². The highest BCUT2D eigenvalue weighted by molar-refractivity contribution is 5.77. The van der Waals surface area contributed by atoms with Crippen LogP contribution in [0.5, 0.6) is 0 Å². The molecular formula is C19H17N3O2. The minimum atomic E-state index is 0.650. The van der Waals surface area contributed by atoms with Crippen molar-refractivity contribution in [3.8, 4) is 11.4 Å². The van der Waals surface area contributed by atoms with Crippen LogP contribution in [-0.2, 0) is 13.1 Å². The van der Waals surface area contributed by atoms with Crippen LogP contribution in [0.15, 0.2) is 69.7 Å². The van der Waals surface area contributed by atoms with E-state index in [2.05, 4.69) is 27.2 Å². The van der Waals surface area contributed by atoms with Crippen molar-refractivity contribution in [1.82, 2.24) is 15.0 Å². The summed E-state index contributed by atoms with van der Waals surface area (Å²) in [7, 11) is 2.02. The molecule has 0 amide bonds. The van der Waals surface area contributed by atoms with Crippen molar-refractivity contribution in [2.75, 3.05) is 7.05 Å². The molecule has 0 unspecified atom stereocenters. The smallest absolute Gasteiger partial charge is 0.151 e. The molecule has 5 nitrogen and oxygen atoms in total. The molecule has 24 heavy (non-hydrogen) atoms. The second-order valence-electron chi connectivity index (χ2n) is 5.82. The molecule has 0 bridgehead atoms. The molecule has 3 aromatic heterocycles. The maximum absolute atomic E-state index is 5.85. The Balaban J connectivity index is 1.44. The number of benzene rings is 1. The number of furan rings is 1. The highest BCUT2D eigenvalue weighted by atomic mass is 16.5. The molecule has 0 aliphatic carbocycles. The van der Waals surface area contributed by atoms with E-state index in [9.17, 15) is 0 Å². The van der Waals surface area contributed by atoms with E-state index in [1.54, 1.807) is 6.20 Å². The Morgan fingerprint density at radius 2 is 1.75 bits per heavy atom. The summed E-state index contributed by atoms with van der Waals surface area (Å²) in [6.07, 6.45) is 1.75. The van der Waals surface area contributed by atoms with Gasteiger partial charge in [0.05, 0.1) is 18.8 Å². The van der Waals surface area contributed by atoms with Crippen LogP contribution in [0.25, 0.3) is 22.4 Å². The fraction of sp³-hybridized carbons (Fsp3) is 0.158. The summed E-state index contributed by atoms with van der Waals surface area (Å²) in [5, 5.41) is 5.22. The number of hydrogen-bond donors (Lipinski definition) is 0. The zero-order valence-electron chi connectivity index (χ0n) is 13.3. The molecule has 0 N–H and O–H groups in total. The Morgan fingerprint density at radius 3 is 2.58 bits per heavy atom. The van der Waals surface area contributed by atoms with Crippen molar-refractivity contribution in [2.24, 2.45) is 0 Å². The summed E-state index contributed by atoms with van der Waals surface area (Å²) in [4.78, 5) is 6.41. The fourth-order valence-corrected chi connectivity index (χ4v) is 2.73. The largest absolute Gasteiger partial charge is 0.460 e. The number of rotatable bonds is 5. The lowest BCUT2D eigenvalue weighted by molar-refractivity contribution is 0.251. The van der Waals surface area contributed by atoms with Gasteiger partial charge in [-0.05, 0) is 31.3 Å². The van der Waals surface area contributed by atoms with Gasteiger partial charge in [0.2, 0.25) is 0 Å². The summed E-state index contributed by atoms with van der Waals surface area (Å²) in [6, 6.07) is 17.8. The molecule has 120 valence electrons. The first-order valence-electron chi connectivity index (χ1n) is 7.81. The van der Waals surface area contributed by atoms with Crippen molar-refractivity contribution in [3.05, 3.63) is 72.3 Å². The van der Waals surface area contributed by atoms with Crippen molar-refractivity contribution in [1.29, 1.82) is 0 Å². The van der Waals surface area contributed by atoms with Crippen LogP contribution < -0.4 is 0 Å². The molecule has 0 saturated heterocycles. The monoisotopic (exact) mass is 319 g/mol. The third kappa shape index (κ3) is 3.07. The van der Waals surface area contributed by atoms with Crippen LogP contribution in [0.3, 0.4) is 0 Å². The van der Waals surface area contributed by atoms with Gasteiger partial charge in [0, 0.05) is 17.6 Å². The van der Waals surface area contributed by atoms with E-state index in [0.717, 1.165) is 33.9 Å². The summed E-state index contributed by atoms with van der Waals surface area (Å²) in [5.74, 6) is 1.73. The average Bonchev–Trinajstić information content (AvgIpc) is 3.21. The van der Waals surface area contributed by atoms with E-state index in [-0.39, 0.29) is 0 Å². The molecule has 3 heterocycles. The van der Waals surface area contributed by atoms with Crippen LogP contribution in [0, 0.1) is 0 Å². The molecule has 5 heteroatoms. The van der Waals surface area contributed by atoms with Gasteiger partial charge in [-0.15, -0.1) is 0 Å². The number of pyridine rings is 1. The van der Waals surface area contributed by atoms with E-state index < -0.39 is 0 Å². The molecule has 4 rings (SSSR count). The summed E-state index contributed by atoms with van der Waals surface area (Å²) < 4.78 is 11.3. The lowest BCUT2D eigenvalue weighted by Crippen LogP contribution is -2.16. The quantitative estimate of drug-likeness (QED) is 0.554. The predicted octanol–water partition coefficient (Wildman–Crippen LogP) is 4.11. The minimum absolute atomic E-state index is 0.650. The molecule has 0 spiro atoms. The number of para-hydroxylation sites is 1. The topological polar surface area (TPSA) is 55.3 Å². The molecule has 0 saturated carbocycles. The zero-order chi connectivity index (χ0) is 16.4. The predicted molar refractivity (Wildman–Crippen MR) is 91.1 cm³/mol. The molecule has 0 aliphatic heterocycles. The Bertz CT molecular complexity index is 910. The standard InChI is InChI=1S/C19H17N3O2/c1-22(12-15-10-14-6-2-3-8-19(14)23-15)13-16-11-18(21-24-16)17-7-4-5-9-20-17/h2-11H,12-13H2,1H3. The number of aromatic nitrogens is 2. The van der Waals surface area contributed by atoms with Gasteiger partial charge in [-0.3, -0.25) is 9.88 Å². The molecular weight excluding hydrogens is 302 g/mol. The van der Waals surface area contributed by atoms with Gasteiger partial charge in [-0.1, -0.05) is 29.4 Å². The minimum Gasteiger partial charge on any atom is -0.460 e. The van der Waals surface area contributed by atoms with Gasteiger partial charge in [-0.2, -0.15) is 0 Å². The molecule has 4 aromatic rings. The lowest BCUT2D eigenvalue weighted by Gasteiger charge is -2.12. The third-order valence-electron chi connectivity index (χ3n) is 3.81. The van der Waals surface area contributed by atoms with Gasteiger partial charge in [0.1, 0.15) is 17.0 Å². The van der Waals surface area contributed by atoms with Crippen molar-refractivity contribution >= 4 is 11.0 Å². The van der Waals surface area contributed by atoms with Crippen LogP contribution >= 0.6 is 0 Å². The zero-order valence-corrected chi connectivity index (χ0v) is 13.3. The maximum Gasteiger partial charge on any atom is 0.151 e. The number of fused-ring (bicyclic) bond motifs is 1. The molecule has 1 aromatic carbocycles. The van der Waals surface area contributed by atoms with E-state index >= 15 is 0 Å². The van der Waals surface area contributed by atoms with Crippen LogP contribution in [0.4, 0.5) is 0 Å². The fourth-order valence-electron chi connectivity index (χ4n) is 2.73. The number of hydrogen-bond acceptors (Lipinski definition) is 5.